The molecule has 8 nitrogen and oxygen atoms in total. The van der Waals surface area contributed by atoms with Crippen LogP contribution in [-0.4, -0.2) is 45.1 Å². The van der Waals surface area contributed by atoms with Crippen LogP contribution < -0.4 is 14.8 Å². The van der Waals surface area contributed by atoms with Crippen LogP contribution in [0.5, 0.6) is 11.5 Å². The average Bonchev–Trinajstić information content (AvgIpc) is 3.48. The number of tetrazole rings is 1. The second kappa shape index (κ2) is 8.82. The van der Waals surface area contributed by atoms with Crippen molar-refractivity contribution in [2.75, 3.05) is 19.0 Å². The topological polar surface area (TPSA) is 91.2 Å². The Kier molecular flexibility index (Phi) is 5.73. The third-order valence-corrected chi connectivity index (χ3v) is 6.90. The van der Waals surface area contributed by atoms with Gasteiger partial charge in [-0.25, -0.2) is 0 Å². The monoisotopic (exact) mass is 451 g/mol. The minimum atomic E-state index is -0.379. The van der Waals surface area contributed by atoms with Gasteiger partial charge < -0.3 is 14.8 Å². The zero-order valence-corrected chi connectivity index (χ0v) is 18.7. The highest BCUT2D eigenvalue weighted by atomic mass is 32.2. The molecule has 1 saturated carbocycles. The quantitative estimate of drug-likeness (QED) is 0.574. The largest absolute Gasteiger partial charge is 0.486 e. The molecule has 0 bridgehead atoms. The minimum absolute atomic E-state index is 0.0368. The summed E-state index contributed by atoms with van der Waals surface area (Å²) in [5.41, 5.74) is 2.72. The number of benzene rings is 2. The van der Waals surface area contributed by atoms with E-state index < -0.39 is 0 Å². The number of rotatable bonds is 6. The number of carbonyl (C=O) groups is 1. The van der Waals surface area contributed by atoms with Gasteiger partial charge in [0.15, 0.2) is 11.5 Å². The van der Waals surface area contributed by atoms with Crippen molar-refractivity contribution in [1.82, 2.24) is 25.5 Å². The van der Waals surface area contributed by atoms with Crippen LogP contribution in [0.1, 0.15) is 36.8 Å². The van der Waals surface area contributed by atoms with E-state index in [4.69, 9.17) is 9.47 Å². The van der Waals surface area contributed by atoms with Crippen LogP contribution >= 0.6 is 11.8 Å². The van der Waals surface area contributed by atoms with Crippen molar-refractivity contribution in [3.8, 4) is 17.2 Å². The maximum absolute atomic E-state index is 13.0. The molecule has 2 aliphatic rings. The van der Waals surface area contributed by atoms with Crippen LogP contribution in [0.25, 0.3) is 5.69 Å². The van der Waals surface area contributed by atoms with E-state index in [0.29, 0.717) is 18.4 Å². The average molecular weight is 452 g/mol. The first kappa shape index (κ1) is 20.8. The minimum Gasteiger partial charge on any atom is -0.486 e. The van der Waals surface area contributed by atoms with Crippen LogP contribution in [0.3, 0.4) is 0 Å². The molecule has 32 heavy (non-hydrogen) atoms. The first-order valence-corrected chi connectivity index (χ1v) is 11.8. The van der Waals surface area contributed by atoms with Crippen LogP contribution in [0, 0.1) is 6.92 Å². The second-order valence-corrected chi connectivity index (χ2v) is 9.14. The second-order valence-electron chi connectivity index (χ2n) is 8.19. The Morgan fingerprint density at radius 2 is 1.84 bits per heavy atom. The summed E-state index contributed by atoms with van der Waals surface area (Å²) in [6, 6.07) is 14.0. The molecule has 166 valence electrons. The van der Waals surface area contributed by atoms with Gasteiger partial charge in [0.25, 0.3) is 0 Å². The van der Waals surface area contributed by atoms with Gasteiger partial charge in [-0.15, -0.1) is 5.10 Å². The molecule has 1 fully saturated rings. The third kappa shape index (κ3) is 4.17. The highest BCUT2D eigenvalue weighted by Gasteiger charge is 2.38. The molecule has 1 aromatic heterocycles. The number of ether oxygens (including phenoxy) is 2. The fourth-order valence-electron chi connectivity index (χ4n) is 4.36. The number of amides is 1. The Labute approximate surface area is 190 Å². The molecule has 9 heteroatoms. The van der Waals surface area contributed by atoms with E-state index in [1.54, 1.807) is 4.68 Å². The highest BCUT2D eigenvalue weighted by Crippen LogP contribution is 2.42. The molecule has 1 aliphatic carbocycles. The summed E-state index contributed by atoms with van der Waals surface area (Å²) < 4.78 is 13.1. The lowest BCUT2D eigenvalue weighted by Crippen LogP contribution is -2.44. The Morgan fingerprint density at radius 3 is 2.62 bits per heavy atom. The van der Waals surface area contributed by atoms with Gasteiger partial charge in [-0.1, -0.05) is 48.4 Å². The van der Waals surface area contributed by atoms with Crippen LogP contribution in [0.15, 0.2) is 47.6 Å². The molecule has 1 amide bonds. The van der Waals surface area contributed by atoms with Gasteiger partial charge in [-0.05, 0) is 60.0 Å². The fourth-order valence-corrected chi connectivity index (χ4v) is 5.05. The number of fused-ring (bicyclic) bond motifs is 1. The number of nitrogens with zero attached hydrogens (tertiary/aromatic N) is 4. The standard InChI is InChI=1S/C23H25N5O3S/c1-16-4-7-18(8-5-16)28-22(25-26-27-28)32-15-21(29)24-23(10-2-3-11-23)17-6-9-19-20(14-17)31-13-12-30-19/h4-9,14H,2-3,10-13,15H2,1H3,(H,24,29). The fraction of sp³-hybridized carbons (Fsp3) is 0.391. The predicted molar refractivity (Wildman–Crippen MR) is 120 cm³/mol. The highest BCUT2D eigenvalue weighted by molar-refractivity contribution is 7.99. The zero-order valence-electron chi connectivity index (χ0n) is 17.9. The molecule has 1 N–H and O–H groups in total. The van der Waals surface area contributed by atoms with E-state index in [0.717, 1.165) is 54.0 Å². The first-order chi connectivity index (χ1) is 15.6. The van der Waals surface area contributed by atoms with Crippen molar-refractivity contribution < 1.29 is 14.3 Å². The molecule has 0 radical (unpaired) electrons. The summed E-state index contributed by atoms with van der Waals surface area (Å²) in [7, 11) is 0. The molecule has 2 heterocycles. The molecule has 0 atom stereocenters. The molecular formula is C23H25N5O3S. The summed E-state index contributed by atoms with van der Waals surface area (Å²) in [6.07, 6.45) is 3.97. The summed E-state index contributed by atoms with van der Waals surface area (Å²) >= 11 is 1.33. The Morgan fingerprint density at radius 1 is 1.09 bits per heavy atom. The van der Waals surface area contributed by atoms with Crippen molar-refractivity contribution in [3.63, 3.8) is 0 Å². The van der Waals surface area contributed by atoms with Crippen LogP contribution in [-0.2, 0) is 10.3 Å². The lowest BCUT2D eigenvalue weighted by molar-refractivity contribution is -0.120. The molecule has 3 aromatic rings. The van der Waals surface area contributed by atoms with Gasteiger partial charge in [-0.3, -0.25) is 4.79 Å². The molecule has 0 unspecified atom stereocenters. The van der Waals surface area contributed by atoms with Crippen molar-refractivity contribution in [3.05, 3.63) is 53.6 Å². The molecule has 0 spiro atoms. The van der Waals surface area contributed by atoms with Gasteiger partial charge in [-0.2, -0.15) is 4.68 Å². The SMILES string of the molecule is Cc1ccc(-n2nnnc2SCC(=O)NC2(c3ccc4c(c3)OCCO4)CCCC2)cc1. The van der Waals surface area contributed by atoms with Gasteiger partial charge in [0.2, 0.25) is 11.1 Å². The van der Waals surface area contributed by atoms with E-state index in [1.807, 2.05) is 49.4 Å². The molecule has 5 rings (SSSR count). The van der Waals surface area contributed by atoms with E-state index in [-0.39, 0.29) is 17.2 Å². The Balaban J connectivity index is 1.29. The van der Waals surface area contributed by atoms with Crippen molar-refractivity contribution in [1.29, 1.82) is 0 Å². The van der Waals surface area contributed by atoms with Gasteiger partial charge >= 0.3 is 0 Å². The van der Waals surface area contributed by atoms with Crippen molar-refractivity contribution in [2.45, 2.75) is 43.3 Å². The maximum atomic E-state index is 13.0. The Bertz CT molecular complexity index is 1110. The molecular weight excluding hydrogens is 426 g/mol. The lowest BCUT2D eigenvalue weighted by atomic mass is 9.87. The summed E-state index contributed by atoms with van der Waals surface area (Å²) in [4.78, 5) is 13.0. The summed E-state index contributed by atoms with van der Waals surface area (Å²) in [6.45, 7) is 3.14. The number of carbonyl (C=O) groups excluding carboxylic acids is 1. The van der Waals surface area contributed by atoms with E-state index in [2.05, 4.69) is 20.8 Å². The van der Waals surface area contributed by atoms with Gasteiger partial charge in [0.1, 0.15) is 13.2 Å². The smallest absolute Gasteiger partial charge is 0.231 e. The molecule has 0 saturated heterocycles. The zero-order chi connectivity index (χ0) is 22.0. The number of aryl methyl sites for hydroxylation is 1. The molecule has 1 aliphatic heterocycles. The number of thioether (sulfide) groups is 1. The predicted octanol–water partition coefficient (Wildman–Crippen LogP) is 3.42. The third-order valence-electron chi connectivity index (χ3n) is 5.98. The Hall–Kier alpha value is -3.07. The van der Waals surface area contributed by atoms with Crippen LogP contribution in [0.4, 0.5) is 0 Å². The summed E-state index contributed by atoms with van der Waals surface area (Å²) in [5.74, 6) is 1.71. The van der Waals surface area contributed by atoms with E-state index >= 15 is 0 Å². The van der Waals surface area contributed by atoms with Gasteiger partial charge in [0, 0.05) is 0 Å². The maximum Gasteiger partial charge on any atom is 0.231 e. The number of aromatic nitrogens is 4. The van der Waals surface area contributed by atoms with E-state index in [1.165, 1.54) is 11.8 Å². The van der Waals surface area contributed by atoms with Crippen molar-refractivity contribution >= 4 is 17.7 Å². The lowest BCUT2D eigenvalue weighted by Gasteiger charge is -2.32. The summed E-state index contributed by atoms with van der Waals surface area (Å²) in [5, 5.41) is 15.9. The normalized spacial score (nSPS) is 16.7. The van der Waals surface area contributed by atoms with Crippen molar-refractivity contribution in [2.24, 2.45) is 0 Å². The number of hydrogen-bond acceptors (Lipinski definition) is 7. The van der Waals surface area contributed by atoms with Gasteiger partial charge in [0.05, 0.1) is 17.0 Å². The number of hydrogen-bond donors (Lipinski definition) is 1. The first-order valence-electron chi connectivity index (χ1n) is 10.8. The molecule has 2 aromatic carbocycles. The number of nitrogens with one attached hydrogen (secondary N) is 1. The van der Waals surface area contributed by atoms with E-state index in [9.17, 15) is 4.79 Å². The van der Waals surface area contributed by atoms with Crippen LogP contribution in [0.2, 0.25) is 0 Å².